The van der Waals surface area contributed by atoms with Crippen LogP contribution in [0, 0.1) is 11.8 Å². The van der Waals surface area contributed by atoms with Crippen LogP contribution in [-0.2, 0) is 47.0 Å². The third-order valence-corrected chi connectivity index (χ3v) is 13.5. The van der Waals surface area contributed by atoms with E-state index in [-0.39, 0.29) is 25.3 Å². The number of alkyl carbamates (subject to hydrolysis) is 1. The van der Waals surface area contributed by atoms with Crippen LogP contribution >= 0.6 is 0 Å². The number of benzene rings is 1. The highest BCUT2D eigenvalue weighted by molar-refractivity contribution is 7.91. The molecule has 15 heteroatoms. The van der Waals surface area contributed by atoms with Crippen molar-refractivity contribution in [1.29, 1.82) is 0 Å². The van der Waals surface area contributed by atoms with E-state index in [1.54, 1.807) is 4.90 Å². The maximum Gasteiger partial charge on any atom is 0.410 e. The predicted octanol–water partition coefficient (Wildman–Crippen LogP) is 3.65. The zero-order valence-corrected chi connectivity index (χ0v) is 31.1. The number of amides is 5. The minimum Gasteiger partial charge on any atom is -0.444 e. The molecule has 1 saturated heterocycles. The van der Waals surface area contributed by atoms with E-state index in [1.807, 2.05) is 44.2 Å². The predicted molar refractivity (Wildman–Crippen MR) is 193 cm³/mol. The number of hydrogen-bond donors (Lipinski definition) is 3. The Labute approximate surface area is 310 Å². The molecule has 3 saturated carbocycles. The van der Waals surface area contributed by atoms with E-state index in [1.165, 1.54) is 11.0 Å². The van der Waals surface area contributed by atoms with Gasteiger partial charge in [0.2, 0.25) is 21.8 Å². The Morgan fingerprint density at radius 2 is 1.83 bits per heavy atom. The van der Waals surface area contributed by atoms with Crippen LogP contribution in [0.4, 0.5) is 9.59 Å². The Hall–Kier alpha value is -4.40. The summed E-state index contributed by atoms with van der Waals surface area (Å²) in [5, 5.41) is 4.96. The molecule has 5 amide bonds. The largest absolute Gasteiger partial charge is 0.444 e. The van der Waals surface area contributed by atoms with E-state index in [9.17, 15) is 32.4 Å². The molecule has 3 aliphatic carbocycles. The highest BCUT2D eigenvalue weighted by atomic mass is 32.2. The zero-order chi connectivity index (χ0) is 37.7. The van der Waals surface area contributed by atoms with Gasteiger partial charge in [0.15, 0.2) is 0 Å². The van der Waals surface area contributed by atoms with Gasteiger partial charge in [0, 0.05) is 18.9 Å². The van der Waals surface area contributed by atoms with Crippen LogP contribution in [0.25, 0.3) is 6.08 Å². The average molecular weight is 752 g/mol. The molecule has 3 N–H and O–H groups in total. The first kappa shape index (κ1) is 36.9. The molecule has 0 unspecified atom stereocenters. The fourth-order valence-electron chi connectivity index (χ4n) is 8.29. The van der Waals surface area contributed by atoms with Crippen molar-refractivity contribution in [2.24, 2.45) is 11.8 Å². The Bertz CT molecular complexity index is 1840. The Morgan fingerprint density at radius 3 is 2.53 bits per heavy atom. The van der Waals surface area contributed by atoms with Gasteiger partial charge in [0.05, 0.1) is 18.3 Å². The fourth-order valence-corrected chi connectivity index (χ4v) is 9.66. The van der Waals surface area contributed by atoms with Crippen molar-refractivity contribution < 1.29 is 41.9 Å². The van der Waals surface area contributed by atoms with Gasteiger partial charge in [0.25, 0.3) is 5.91 Å². The van der Waals surface area contributed by atoms with Crippen LogP contribution in [0.5, 0.6) is 0 Å². The van der Waals surface area contributed by atoms with Gasteiger partial charge in [0.1, 0.15) is 29.3 Å². The molecule has 7 rings (SSSR count). The van der Waals surface area contributed by atoms with Gasteiger partial charge < -0.3 is 25.0 Å². The van der Waals surface area contributed by atoms with Crippen LogP contribution in [0.2, 0.25) is 0 Å². The normalized spacial score (nSPS) is 30.3. The number of nitrogens with zero attached hydrogens (tertiary/aromatic N) is 2. The lowest BCUT2D eigenvalue weighted by atomic mass is 9.96. The summed E-state index contributed by atoms with van der Waals surface area (Å²) in [7, 11) is -3.91. The zero-order valence-electron chi connectivity index (χ0n) is 30.3. The number of hydrogen-bond acceptors (Lipinski definition) is 9. The third kappa shape index (κ3) is 7.67. The van der Waals surface area contributed by atoms with Gasteiger partial charge in [-0.25, -0.2) is 18.0 Å². The van der Waals surface area contributed by atoms with E-state index in [0.717, 1.165) is 29.5 Å². The molecule has 0 aromatic heterocycles. The molecule has 1 aromatic carbocycles. The summed E-state index contributed by atoms with van der Waals surface area (Å²) in [6.45, 7) is 7.95. The lowest BCUT2D eigenvalue weighted by molar-refractivity contribution is -0.142. The van der Waals surface area contributed by atoms with E-state index in [4.69, 9.17) is 9.47 Å². The molecule has 5 atom stereocenters. The molecule has 3 heterocycles. The molecular weight excluding hydrogens is 703 g/mol. The number of sulfonamides is 1. The monoisotopic (exact) mass is 751 g/mol. The van der Waals surface area contributed by atoms with Gasteiger partial charge in [-0.2, -0.15) is 0 Å². The van der Waals surface area contributed by atoms with Crippen LogP contribution in [0.1, 0.15) is 94.7 Å². The molecule has 0 radical (unpaired) electrons. The number of rotatable bonds is 7. The van der Waals surface area contributed by atoms with E-state index in [0.29, 0.717) is 51.6 Å². The smallest absolute Gasteiger partial charge is 0.410 e. The summed E-state index contributed by atoms with van der Waals surface area (Å²) in [5.41, 5.74) is 0.544. The first-order valence-corrected chi connectivity index (χ1v) is 20.3. The molecule has 6 aliphatic rings. The standard InChI is InChI=1S/C38H49N5O9S/c1-4-26-19-38(26,34(46)41-53(49,50)28-15-16-28)40-32(44)30-18-27-21-43(30)33(45)31(24-11-5-6-12-24)39-35(47)52-37(2,3)17-8-7-10-23-13-9-14-25-20-42(22-29(23)25)36(48)51-27/h4,7,9-10,13-14,24,26-28,30-31H,1,5-6,8,11-12,15-22H2,2-3H3,(H,39,47)(H,40,44)(H,41,46)/t26-,27-,30+,31+,38-/m1/s1. The maximum absolute atomic E-state index is 14.6. The average Bonchev–Trinajstić information content (AvgIpc) is 3.88. The molecule has 1 aromatic rings. The number of allylic oxidation sites excluding steroid dienone is 1. The van der Waals surface area contributed by atoms with Gasteiger partial charge in [-0.15, -0.1) is 6.58 Å². The van der Waals surface area contributed by atoms with Crippen LogP contribution in [-0.4, -0.2) is 89.2 Å². The summed E-state index contributed by atoms with van der Waals surface area (Å²) < 4.78 is 39.4. The number of nitrogens with one attached hydrogen (secondary N) is 3. The highest BCUT2D eigenvalue weighted by Crippen LogP contribution is 2.45. The van der Waals surface area contributed by atoms with E-state index < -0.39 is 80.4 Å². The molecule has 3 aliphatic heterocycles. The fraction of sp³-hybridized carbons (Fsp3) is 0.605. The number of carbonyl (C=O) groups is 5. The van der Waals surface area contributed by atoms with Gasteiger partial charge in [-0.05, 0) is 81.4 Å². The minimum absolute atomic E-state index is 0.0657. The highest BCUT2D eigenvalue weighted by Gasteiger charge is 2.62. The Balaban J connectivity index is 1.18. The Morgan fingerprint density at radius 1 is 1.08 bits per heavy atom. The number of fused-ring (bicyclic) bond motifs is 3. The lowest BCUT2D eigenvalue weighted by Crippen LogP contribution is -2.59. The molecule has 14 nitrogen and oxygen atoms in total. The number of ether oxygens (including phenoxy) is 2. The topological polar surface area (TPSA) is 181 Å². The molecular formula is C38H49N5O9S. The minimum atomic E-state index is -3.91. The quantitative estimate of drug-likeness (QED) is 0.351. The summed E-state index contributed by atoms with van der Waals surface area (Å²) in [5.74, 6) is -2.81. The summed E-state index contributed by atoms with van der Waals surface area (Å²) >= 11 is 0. The molecule has 286 valence electrons. The molecule has 53 heavy (non-hydrogen) atoms. The van der Waals surface area contributed by atoms with Crippen molar-refractivity contribution in [1.82, 2.24) is 25.2 Å². The van der Waals surface area contributed by atoms with Gasteiger partial charge in [-0.1, -0.05) is 49.3 Å². The van der Waals surface area contributed by atoms with Crippen molar-refractivity contribution in [3.8, 4) is 0 Å². The second kappa shape index (κ2) is 14.1. The SMILES string of the molecule is C=C[C@@H]1C[C@]1(NC(=O)[C@@H]1C[C@@H]2CN1C(=O)[C@H](C1CCCC1)NC(=O)OC(C)(C)CCC=Cc1cccc3c1CN(C3)C(=O)O2)C(=O)NS(=O)(=O)C1CC1. The lowest BCUT2D eigenvalue weighted by Gasteiger charge is -2.33. The van der Waals surface area contributed by atoms with Crippen molar-refractivity contribution in [2.75, 3.05) is 6.54 Å². The van der Waals surface area contributed by atoms with Crippen LogP contribution in [0.15, 0.2) is 36.9 Å². The summed E-state index contributed by atoms with van der Waals surface area (Å²) in [4.78, 5) is 72.4. The molecule has 0 spiro atoms. The van der Waals surface area contributed by atoms with E-state index >= 15 is 0 Å². The second-order valence-electron chi connectivity index (χ2n) is 16.0. The number of cyclic esters (lactones) is 1. The third-order valence-electron chi connectivity index (χ3n) is 11.6. The van der Waals surface area contributed by atoms with Crippen molar-refractivity contribution in [3.63, 3.8) is 0 Å². The second-order valence-corrected chi connectivity index (χ2v) is 18.0. The van der Waals surface area contributed by atoms with Crippen molar-refractivity contribution in [3.05, 3.63) is 53.6 Å². The molecule has 4 bridgehead atoms. The summed E-state index contributed by atoms with van der Waals surface area (Å²) in [6, 6.07) is 3.69. The van der Waals surface area contributed by atoms with Gasteiger partial charge >= 0.3 is 12.2 Å². The van der Waals surface area contributed by atoms with Crippen LogP contribution in [0.3, 0.4) is 0 Å². The maximum atomic E-state index is 14.6. The summed E-state index contributed by atoms with van der Waals surface area (Å²) in [6.07, 6.45) is 8.54. The molecule has 4 fully saturated rings. The van der Waals surface area contributed by atoms with Crippen LogP contribution < -0.4 is 15.4 Å². The number of carbonyl (C=O) groups excluding carboxylic acids is 5. The first-order valence-electron chi connectivity index (χ1n) is 18.7. The van der Waals surface area contributed by atoms with Crippen molar-refractivity contribution in [2.45, 2.75) is 126 Å². The first-order chi connectivity index (χ1) is 25.2. The Kier molecular flexibility index (Phi) is 9.83. The van der Waals surface area contributed by atoms with Gasteiger partial charge in [-0.3, -0.25) is 24.0 Å². The van der Waals surface area contributed by atoms with Crippen molar-refractivity contribution >= 4 is 46.0 Å². The van der Waals surface area contributed by atoms with E-state index in [2.05, 4.69) is 21.9 Å².